The molecule has 0 radical (unpaired) electrons. The molecule has 0 fully saturated rings. The van der Waals surface area contributed by atoms with Gasteiger partial charge in [0.1, 0.15) is 18.6 Å². The Morgan fingerprint density at radius 3 is 2.39 bits per heavy atom. The molecule has 0 saturated heterocycles. The van der Waals surface area contributed by atoms with Crippen LogP contribution in [0.4, 0.5) is 0 Å². The van der Waals surface area contributed by atoms with Crippen LogP contribution in [0.15, 0.2) is 48.5 Å². The molecular weight excluding hydrogens is 433 g/mol. The highest BCUT2D eigenvalue weighted by Crippen LogP contribution is 2.47. The summed E-state index contributed by atoms with van der Waals surface area (Å²) in [5, 5.41) is 0.511. The molecular formula is C24H31ClNO4P. The standard InChI is InChI=1S/C24H31ClNO4P/c1-4-24(5-2,17-27)23(3,30-31-28)14-20(15-26)19-11-12-21(25)22(13-19)29-16-18-9-7-6-8-10-18/h6-13,17,20H,4-5,14-16,26H2,1-3H3. The number of halogens is 1. The van der Waals surface area contributed by atoms with Crippen LogP contribution in [-0.2, 0) is 20.5 Å². The molecule has 5 nitrogen and oxygen atoms in total. The van der Waals surface area contributed by atoms with Crippen molar-refractivity contribution in [2.75, 3.05) is 6.54 Å². The second-order valence-electron chi connectivity index (χ2n) is 7.98. The summed E-state index contributed by atoms with van der Waals surface area (Å²) in [5.74, 6) is 0.430. The SMILES string of the molecule is CCC(C=O)(CC)C(C)(CC(CN)c1ccc(Cl)c(OCc2ccccc2)c1)OP=O. The highest BCUT2D eigenvalue weighted by atomic mass is 35.5. The highest BCUT2D eigenvalue weighted by Gasteiger charge is 2.48. The lowest BCUT2D eigenvalue weighted by molar-refractivity contribution is -0.131. The monoisotopic (exact) mass is 463 g/mol. The predicted octanol–water partition coefficient (Wildman–Crippen LogP) is 6.34. The number of aldehydes is 1. The molecule has 0 amide bonds. The van der Waals surface area contributed by atoms with Crippen LogP contribution in [0.1, 0.15) is 57.1 Å². The van der Waals surface area contributed by atoms with Gasteiger partial charge in [-0.05, 0) is 61.9 Å². The largest absolute Gasteiger partial charge is 0.487 e. The Hall–Kier alpha value is -1.78. The number of carbonyl (C=O) groups is 1. The minimum atomic E-state index is -0.948. The number of ether oxygens (including phenoxy) is 1. The predicted molar refractivity (Wildman–Crippen MR) is 125 cm³/mol. The summed E-state index contributed by atoms with van der Waals surface area (Å²) in [6.45, 7) is 6.45. The van der Waals surface area contributed by atoms with Crippen LogP contribution >= 0.6 is 20.3 Å². The Morgan fingerprint density at radius 2 is 1.84 bits per heavy atom. The molecule has 2 aromatic rings. The second-order valence-corrected chi connectivity index (χ2v) is 8.72. The minimum Gasteiger partial charge on any atom is -0.487 e. The number of hydrogen-bond acceptors (Lipinski definition) is 5. The van der Waals surface area contributed by atoms with Gasteiger partial charge in [-0.3, -0.25) is 4.52 Å². The van der Waals surface area contributed by atoms with Gasteiger partial charge in [-0.15, -0.1) is 0 Å². The minimum absolute atomic E-state index is 0.138. The maximum absolute atomic E-state index is 12.1. The first-order valence-electron chi connectivity index (χ1n) is 10.5. The van der Waals surface area contributed by atoms with Crippen molar-refractivity contribution in [1.29, 1.82) is 0 Å². The van der Waals surface area contributed by atoms with Crippen LogP contribution in [0, 0.1) is 5.41 Å². The highest BCUT2D eigenvalue weighted by molar-refractivity contribution is 7.17. The van der Waals surface area contributed by atoms with Crippen LogP contribution in [0.3, 0.4) is 0 Å². The van der Waals surface area contributed by atoms with Gasteiger partial charge in [0.2, 0.25) is 0 Å². The average molecular weight is 464 g/mol. The maximum atomic E-state index is 12.1. The van der Waals surface area contributed by atoms with Crippen LogP contribution in [0.25, 0.3) is 0 Å². The molecule has 2 unspecified atom stereocenters. The third-order valence-electron chi connectivity index (χ3n) is 6.36. The molecule has 0 aromatic heterocycles. The molecule has 0 aliphatic heterocycles. The Balaban J connectivity index is 2.31. The molecule has 168 valence electrons. The molecule has 31 heavy (non-hydrogen) atoms. The summed E-state index contributed by atoms with van der Waals surface area (Å²) in [4.78, 5) is 12.1. The second kappa shape index (κ2) is 11.7. The van der Waals surface area contributed by atoms with Crippen molar-refractivity contribution in [1.82, 2.24) is 0 Å². The zero-order chi connectivity index (χ0) is 22.9. The van der Waals surface area contributed by atoms with Gasteiger partial charge < -0.3 is 15.3 Å². The lowest BCUT2D eigenvalue weighted by atomic mass is 9.66. The fraction of sp³-hybridized carbons (Fsp3) is 0.458. The molecule has 0 bridgehead atoms. The molecule has 0 aliphatic rings. The van der Waals surface area contributed by atoms with E-state index in [0.29, 0.717) is 43.2 Å². The van der Waals surface area contributed by atoms with Gasteiger partial charge in [0.15, 0.2) is 0 Å². The van der Waals surface area contributed by atoms with E-state index in [2.05, 4.69) is 0 Å². The van der Waals surface area contributed by atoms with Crippen molar-refractivity contribution in [2.24, 2.45) is 11.1 Å². The summed E-state index contributed by atoms with van der Waals surface area (Å²) in [6.07, 6.45) is 2.51. The topological polar surface area (TPSA) is 78.6 Å². The summed E-state index contributed by atoms with van der Waals surface area (Å²) in [7, 11) is -0.460. The normalized spacial score (nSPS) is 14.7. The first kappa shape index (κ1) is 25.5. The number of rotatable bonds is 13. The molecule has 2 aromatic carbocycles. The van der Waals surface area contributed by atoms with Crippen LogP contribution in [0.2, 0.25) is 5.02 Å². The summed E-state index contributed by atoms with van der Waals surface area (Å²) < 4.78 is 23.0. The van der Waals surface area contributed by atoms with Crippen LogP contribution in [-0.4, -0.2) is 18.4 Å². The van der Waals surface area contributed by atoms with E-state index in [1.54, 1.807) is 6.07 Å². The van der Waals surface area contributed by atoms with Gasteiger partial charge in [-0.25, -0.2) is 4.57 Å². The third kappa shape index (κ3) is 5.93. The fourth-order valence-corrected chi connectivity index (χ4v) is 4.72. The van der Waals surface area contributed by atoms with Crippen molar-refractivity contribution >= 4 is 26.6 Å². The molecule has 7 heteroatoms. The molecule has 0 spiro atoms. The average Bonchev–Trinajstić information content (AvgIpc) is 2.79. The number of benzene rings is 2. The van der Waals surface area contributed by atoms with Gasteiger partial charge in [-0.1, -0.05) is 61.8 Å². The third-order valence-corrected chi connectivity index (χ3v) is 7.15. The van der Waals surface area contributed by atoms with Crippen molar-refractivity contribution < 1.29 is 18.6 Å². The number of nitrogens with two attached hydrogens (primary N) is 1. The Bertz CT molecular complexity index is 860. The zero-order valence-corrected chi connectivity index (χ0v) is 20.0. The van der Waals surface area contributed by atoms with Gasteiger partial charge >= 0.3 is 8.69 Å². The van der Waals surface area contributed by atoms with Gasteiger partial charge in [0.25, 0.3) is 0 Å². The molecule has 0 aliphatic carbocycles. The molecule has 2 N–H and O–H groups in total. The van der Waals surface area contributed by atoms with Gasteiger partial charge in [0, 0.05) is 0 Å². The number of hydrogen-bond donors (Lipinski definition) is 1. The molecule has 0 saturated carbocycles. The quantitative estimate of drug-likeness (QED) is 0.277. The summed E-state index contributed by atoms with van der Waals surface area (Å²) in [6, 6.07) is 15.4. The Kier molecular flexibility index (Phi) is 9.64. The smallest absolute Gasteiger partial charge is 0.327 e. The van der Waals surface area contributed by atoms with Gasteiger partial charge in [0.05, 0.1) is 16.0 Å². The maximum Gasteiger partial charge on any atom is 0.327 e. The van der Waals surface area contributed by atoms with Crippen LogP contribution in [0.5, 0.6) is 5.75 Å². The van der Waals surface area contributed by atoms with Crippen molar-refractivity contribution in [3.63, 3.8) is 0 Å². The van der Waals surface area contributed by atoms with E-state index < -0.39 is 19.7 Å². The molecule has 2 rings (SSSR count). The summed E-state index contributed by atoms with van der Waals surface area (Å²) >= 11 is 6.36. The van der Waals surface area contributed by atoms with E-state index in [1.807, 2.05) is 63.2 Å². The molecule has 0 heterocycles. The van der Waals surface area contributed by atoms with E-state index in [1.165, 1.54) is 0 Å². The lowest BCUT2D eigenvalue weighted by Gasteiger charge is -2.44. The fourth-order valence-electron chi connectivity index (χ4n) is 4.13. The Morgan fingerprint density at radius 1 is 1.16 bits per heavy atom. The Labute approximate surface area is 191 Å². The van der Waals surface area contributed by atoms with Crippen molar-refractivity contribution in [2.45, 2.75) is 58.2 Å². The van der Waals surface area contributed by atoms with E-state index in [4.69, 9.17) is 26.6 Å². The van der Waals surface area contributed by atoms with Crippen LogP contribution < -0.4 is 10.5 Å². The number of carbonyl (C=O) groups excluding carboxylic acids is 1. The lowest BCUT2D eigenvalue weighted by Crippen LogP contribution is -2.48. The van der Waals surface area contributed by atoms with E-state index in [0.717, 1.165) is 17.4 Å². The molecule has 2 atom stereocenters. The van der Waals surface area contributed by atoms with E-state index >= 15 is 0 Å². The first-order valence-corrected chi connectivity index (χ1v) is 11.6. The van der Waals surface area contributed by atoms with Crippen molar-refractivity contribution in [3.05, 3.63) is 64.7 Å². The van der Waals surface area contributed by atoms with E-state index in [9.17, 15) is 9.36 Å². The van der Waals surface area contributed by atoms with Gasteiger partial charge in [-0.2, -0.15) is 0 Å². The first-order chi connectivity index (χ1) is 14.9. The summed E-state index contributed by atoms with van der Waals surface area (Å²) in [5.41, 5.74) is 6.38. The van der Waals surface area contributed by atoms with E-state index in [-0.39, 0.29) is 5.92 Å². The van der Waals surface area contributed by atoms with Crippen molar-refractivity contribution in [3.8, 4) is 5.75 Å². The zero-order valence-electron chi connectivity index (χ0n) is 18.3.